The zero-order valence-corrected chi connectivity index (χ0v) is 21.4. The van der Waals surface area contributed by atoms with E-state index in [1.807, 2.05) is 19.9 Å². The van der Waals surface area contributed by atoms with E-state index >= 15 is 0 Å². The number of hydrogen-bond acceptors (Lipinski definition) is 7. The number of phenolic OH excluding ortho intramolecular Hbond substituents is 1. The molecule has 0 bridgehead atoms. The van der Waals surface area contributed by atoms with Gasteiger partial charge in [0.25, 0.3) is 5.91 Å². The van der Waals surface area contributed by atoms with E-state index < -0.39 is 23.8 Å². The molecule has 1 aromatic rings. The Bertz CT molecular complexity index is 1100. The van der Waals surface area contributed by atoms with E-state index in [1.54, 1.807) is 30.9 Å². The average molecular weight is 499 g/mol. The summed E-state index contributed by atoms with van der Waals surface area (Å²) in [5.41, 5.74) is 1.66. The number of aromatic hydroxyl groups is 1. The van der Waals surface area contributed by atoms with Crippen LogP contribution in [-0.4, -0.2) is 66.7 Å². The Morgan fingerprint density at radius 1 is 1.14 bits per heavy atom. The highest BCUT2D eigenvalue weighted by atomic mass is 16.3. The molecule has 0 fully saturated rings. The van der Waals surface area contributed by atoms with E-state index in [2.05, 4.69) is 11.4 Å². The number of fused-ring (bicyclic) bond motifs is 2. The maximum absolute atomic E-state index is 13.5. The maximum Gasteiger partial charge on any atom is 0.256 e. The SMILES string of the molecule is C/C(=C\CN1C(=O)c2cccc(O)c2NC2C(O)=CC(O)=CC21)CC/C=C(\C)CCC(O)C(C)(C)O. The van der Waals surface area contributed by atoms with Gasteiger partial charge in [0.2, 0.25) is 0 Å². The molecule has 8 heteroatoms. The molecule has 0 aromatic heterocycles. The summed E-state index contributed by atoms with van der Waals surface area (Å²) >= 11 is 0. The quantitative estimate of drug-likeness (QED) is 0.218. The summed E-state index contributed by atoms with van der Waals surface area (Å²) in [6.07, 6.45) is 8.84. The number of rotatable bonds is 9. The number of aliphatic hydroxyl groups excluding tert-OH is 3. The van der Waals surface area contributed by atoms with Crippen LogP contribution in [-0.2, 0) is 0 Å². The molecule has 1 aliphatic heterocycles. The normalized spacial score (nSPS) is 21.6. The molecule has 3 rings (SSSR count). The van der Waals surface area contributed by atoms with Crippen LogP contribution in [0.4, 0.5) is 5.69 Å². The number of allylic oxidation sites excluding steroid dienone is 4. The number of para-hydroxylation sites is 1. The van der Waals surface area contributed by atoms with Crippen LogP contribution >= 0.6 is 0 Å². The Morgan fingerprint density at radius 2 is 1.83 bits per heavy atom. The van der Waals surface area contributed by atoms with Crippen molar-refractivity contribution in [3.05, 3.63) is 70.7 Å². The van der Waals surface area contributed by atoms with Gasteiger partial charge in [-0.3, -0.25) is 4.79 Å². The molecule has 2 aliphatic rings. The summed E-state index contributed by atoms with van der Waals surface area (Å²) in [6.45, 7) is 7.46. The summed E-state index contributed by atoms with van der Waals surface area (Å²) in [7, 11) is 0. The zero-order valence-electron chi connectivity index (χ0n) is 21.4. The number of carbonyl (C=O) groups is 1. The second-order valence-electron chi connectivity index (χ2n) is 10.3. The first-order chi connectivity index (χ1) is 16.9. The van der Waals surface area contributed by atoms with Crippen molar-refractivity contribution in [1.82, 2.24) is 4.90 Å². The lowest BCUT2D eigenvalue weighted by molar-refractivity contribution is -0.0509. The summed E-state index contributed by atoms with van der Waals surface area (Å²) in [5, 5.41) is 53.9. The van der Waals surface area contributed by atoms with Crippen LogP contribution in [0, 0.1) is 0 Å². The van der Waals surface area contributed by atoms with Crippen LogP contribution in [0.5, 0.6) is 5.75 Å². The van der Waals surface area contributed by atoms with Crippen LogP contribution in [0.3, 0.4) is 0 Å². The van der Waals surface area contributed by atoms with Crippen molar-refractivity contribution >= 4 is 11.6 Å². The van der Waals surface area contributed by atoms with Crippen LogP contribution in [0.25, 0.3) is 0 Å². The topological polar surface area (TPSA) is 133 Å². The molecule has 8 nitrogen and oxygen atoms in total. The number of aliphatic hydroxyl groups is 4. The fourth-order valence-electron chi connectivity index (χ4n) is 4.41. The fraction of sp³-hybridized carbons (Fsp3) is 0.464. The van der Waals surface area contributed by atoms with Gasteiger partial charge in [0.15, 0.2) is 0 Å². The molecule has 3 atom stereocenters. The van der Waals surface area contributed by atoms with Crippen LogP contribution < -0.4 is 5.32 Å². The monoisotopic (exact) mass is 498 g/mol. The Morgan fingerprint density at radius 3 is 2.53 bits per heavy atom. The van der Waals surface area contributed by atoms with Gasteiger partial charge in [-0.1, -0.05) is 29.4 Å². The van der Waals surface area contributed by atoms with Crippen LogP contribution in [0.1, 0.15) is 63.7 Å². The Balaban J connectivity index is 1.70. The second kappa shape index (κ2) is 11.2. The molecule has 1 amide bonds. The summed E-state index contributed by atoms with van der Waals surface area (Å²) < 4.78 is 0. The minimum atomic E-state index is -1.12. The number of amides is 1. The third-order valence-electron chi connectivity index (χ3n) is 6.79. The molecule has 6 N–H and O–H groups in total. The number of carbonyl (C=O) groups excluding carboxylic acids is 1. The van der Waals surface area contributed by atoms with Gasteiger partial charge in [-0.05, 0) is 71.6 Å². The highest BCUT2D eigenvalue weighted by molar-refractivity contribution is 6.02. The Labute approximate surface area is 212 Å². The summed E-state index contributed by atoms with van der Waals surface area (Å²) in [5.74, 6) is -0.647. The molecular weight excluding hydrogens is 460 g/mol. The number of anilines is 1. The molecule has 0 spiro atoms. The third kappa shape index (κ3) is 6.50. The Kier molecular flexibility index (Phi) is 8.53. The number of nitrogens with zero attached hydrogens (tertiary/aromatic N) is 1. The van der Waals surface area contributed by atoms with E-state index in [-0.39, 0.29) is 35.4 Å². The number of hydrogen-bond donors (Lipinski definition) is 6. The molecule has 0 radical (unpaired) electrons. The number of nitrogens with one attached hydrogen (secondary N) is 1. The van der Waals surface area contributed by atoms with Gasteiger partial charge in [-0.15, -0.1) is 0 Å². The highest BCUT2D eigenvalue weighted by Gasteiger charge is 2.39. The Hall–Kier alpha value is -3.23. The van der Waals surface area contributed by atoms with Gasteiger partial charge in [-0.2, -0.15) is 0 Å². The minimum Gasteiger partial charge on any atom is -0.510 e. The highest BCUT2D eigenvalue weighted by Crippen LogP contribution is 2.36. The van der Waals surface area contributed by atoms with Gasteiger partial charge in [0.1, 0.15) is 23.3 Å². The largest absolute Gasteiger partial charge is 0.510 e. The summed E-state index contributed by atoms with van der Waals surface area (Å²) in [4.78, 5) is 15.0. The predicted molar refractivity (Wildman–Crippen MR) is 140 cm³/mol. The van der Waals surface area contributed by atoms with E-state index in [4.69, 9.17) is 0 Å². The van der Waals surface area contributed by atoms with Gasteiger partial charge >= 0.3 is 0 Å². The number of phenols is 1. The van der Waals surface area contributed by atoms with Crippen molar-refractivity contribution < 1.29 is 30.3 Å². The minimum absolute atomic E-state index is 0.0861. The predicted octanol–water partition coefficient (Wildman–Crippen LogP) is 4.48. The van der Waals surface area contributed by atoms with E-state index in [0.29, 0.717) is 18.4 Å². The molecule has 36 heavy (non-hydrogen) atoms. The lowest BCUT2D eigenvalue weighted by Gasteiger charge is -2.34. The maximum atomic E-state index is 13.5. The van der Waals surface area contributed by atoms with E-state index in [0.717, 1.165) is 24.0 Å². The van der Waals surface area contributed by atoms with Crippen molar-refractivity contribution in [2.75, 3.05) is 11.9 Å². The van der Waals surface area contributed by atoms with Crippen molar-refractivity contribution in [1.29, 1.82) is 0 Å². The second-order valence-corrected chi connectivity index (χ2v) is 10.3. The van der Waals surface area contributed by atoms with Crippen molar-refractivity contribution in [3.63, 3.8) is 0 Å². The van der Waals surface area contributed by atoms with E-state index in [9.17, 15) is 30.3 Å². The number of benzene rings is 1. The zero-order chi connectivity index (χ0) is 26.6. The van der Waals surface area contributed by atoms with Crippen molar-refractivity contribution in [2.45, 2.75) is 77.2 Å². The third-order valence-corrected chi connectivity index (χ3v) is 6.79. The van der Waals surface area contributed by atoms with Crippen molar-refractivity contribution in [2.24, 2.45) is 0 Å². The van der Waals surface area contributed by atoms with Gasteiger partial charge < -0.3 is 35.7 Å². The summed E-state index contributed by atoms with van der Waals surface area (Å²) in [6, 6.07) is 3.34. The molecule has 0 saturated heterocycles. The standard InChI is InChI=1S/C28H38N2O6/c1-17(11-12-24(34)28(3,4)36)7-5-8-18(2)13-14-30-21-15-19(31)16-23(33)26(21)29-25-20(27(30)35)9-6-10-22(25)32/h6-7,9-10,13,15-16,21,24,26,29,31-34,36H,5,8,11-12,14H2,1-4H3/b17-7+,18-13+. The van der Waals surface area contributed by atoms with Gasteiger partial charge in [0, 0.05) is 12.6 Å². The first-order valence-corrected chi connectivity index (χ1v) is 12.3. The fourth-order valence-corrected chi connectivity index (χ4v) is 4.41. The molecule has 3 unspecified atom stereocenters. The average Bonchev–Trinajstić information content (AvgIpc) is 2.91. The van der Waals surface area contributed by atoms with Crippen LogP contribution in [0.2, 0.25) is 0 Å². The molecule has 1 heterocycles. The first kappa shape index (κ1) is 27.4. The van der Waals surface area contributed by atoms with Crippen LogP contribution in [0.15, 0.2) is 65.2 Å². The lowest BCUT2D eigenvalue weighted by atomic mass is 9.95. The molecule has 0 saturated carbocycles. The van der Waals surface area contributed by atoms with Crippen molar-refractivity contribution in [3.8, 4) is 5.75 Å². The van der Waals surface area contributed by atoms with E-state index in [1.165, 1.54) is 18.2 Å². The smallest absolute Gasteiger partial charge is 0.256 e. The van der Waals surface area contributed by atoms with Gasteiger partial charge in [-0.25, -0.2) is 0 Å². The lowest BCUT2D eigenvalue weighted by Crippen LogP contribution is -2.48. The molecule has 1 aliphatic carbocycles. The molecular formula is C28H38N2O6. The molecule has 1 aromatic carbocycles. The molecule has 196 valence electrons. The van der Waals surface area contributed by atoms with Gasteiger partial charge in [0.05, 0.1) is 29.0 Å². The first-order valence-electron chi connectivity index (χ1n) is 12.3.